The lowest BCUT2D eigenvalue weighted by atomic mass is 10.1. The third-order valence-corrected chi connectivity index (χ3v) is 3.78. The first-order valence-corrected chi connectivity index (χ1v) is 8.20. The van der Waals surface area contributed by atoms with Crippen LogP contribution in [0.4, 0.5) is 0 Å². The maximum atomic E-state index is 5.42. The molecule has 0 spiro atoms. The molecule has 0 saturated carbocycles. The molecule has 0 aliphatic rings. The summed E-state index contributed by atoms with van der Waals surface area (Å²) >= 11 is 0. The average molecular weight is 326 g/mol. The van der Waals surface area contributed by atoms with E-state index < -0.39 is 0 Å². The van der Waals surface area contributed by atoms with Crippen molar-refractivity contribution in [1.82, 2.24) is 15.6 Å². The van der Waals surface area contributed by atoms with Crippen molar-refractivity contribution < 1.29 is 4.74 Å². The molecule has 2 aromatic rings. The number of guanidine groups is 1. The predicted molar refractivity (Wildman–Crippen MR) is 98.7 cm³/mol. The lowest BCUT2D eigenvalue weighted by Crippen LogP contribution is -2.39. The number of aromatic nitrogens is 1. The van der Waals surface area contributed by atoms with Crippen LogP contribution in [0.5, 0.6) is 5.75 Å². The highest BCUT2D eigenvalue weighted by molar-refractivity contribution is 5.79. The molecular weight excluding hydrogens is 300 g/mol. The normalized spacial score (nSPS) is 11.2. The number of methoxy groups -OCH3 is 1. The van der Waals surface area contributed by atoms with Crippen LogP contribution in [-0.2, 0) is 12.8 Å². The van der Waals surface area contributed by atoms with Crippen LogP contribution in [0.3, 0.4) is 0 Å². The van der Waals surface area contributed by atoms with Crippen molar-refractivity contribution in [3.63, 3.8) is 0 Å². The summed E-state index contributed by atoms with van der Waals surface area (Å²) in [5.74, 6) is 1.74. The molecule has 0 aliphatic carbocycles. The fourth-order valence-corrected chi connectivity index (χ4v) is 2.51. The Hall–Kier alpha value is -2.56. The van der Waals surface area contributed by atoms with E-state index in [1.54, 1.807) is 20.4 Å². The molecule has 0 unspecified atom stereocenters. The third-order valence-electron chi connectivity index (χ3n) is 3.78. The molecule has 5 nitrogen and oxygen atoms in total. The standard InChI is InChI=1S/C19H26N4O/c1-15-6-7-18(24-3)17(13-15)9-12-23-19(20-2)22-11-8-16-5-4-10-21-14-16/h4-7,10,13-14H,8-9,11-12H2,1-3H3,(H2,20,22,23). The topological polar surface area (TPSA) is 58.5 Å². The van der Waals surface area contributed by atoms with E-state index in [4.69, 9.17) is 4.74 Å². The number of hydrogen-bond acceptors (Lipinski definition) is 3. The second kappa shape index (κ2) is 9.55. The first-order valence-electron chi connectivity index (χ1n) is 8.20. The van der Waals surface area contributed by atoms with Gasteiger partial charge >= 0.3 is 0 Å². The van der Waals surface area contributed by atoms with Crippen molar-refractivity contribution >= 4 is 5.96 Å². The zero-order valence-electron chi connectivity index (χ0n) is 14.7. The molecule has 0 fully saturated rings. The molecule has 0 saturated heterocycles. The molecule has 5 heteroatoms. The molecule has 1 aromatic heterocycles. The van der Waals surface area contributed by atoms with Crippen LogP contribution < -0.4 is 15.4 Å². The second-order valence-corrected chi connectivity index (χ2v) is 5.60. The molecule has 128 valence electrons. The summed E-state index contributed by atoms with van der Waals surface area (Å²) in [6, 6.07) is 10.3. The predicted octanol–water partition coefficient (Wildman–Crippen LogP) is 2.35. The van der Waals surface area contributed by atoms with Crippen molar-refractivity contribution in [2.45, 2.75) is 19.8 Å². The molecule has 0 radical (unpaired) electrons. The fourth-order valence-electron chi connectivity index (χ4n) is 2.51. The first kappa shape index (κ1) is 17.8. The Kier molecular flexibility index (Phi) is 7.08. The minimum absolute atomic E-state index is 0.798. The Morgan fingerprint density at radius 2 is 1.96 bits per heavy atom. The lowest BCUT2D eigenvalue weighted by molar-refractivity contribution is 0.409. The number of nitrogens with one attached hydrogen (secondary N) is 2. The minimum Gasteiger partial charge on any atom is -0.496 e. The molecule has 1 heterocycles. The molecule has 2 N–H and O–H groups in total. The number of pyridine rings is 1. The van der Waals surface area contributed by atoms with Gasteiger partial charge < -0.3 is 15.4 Å². The molecule has 24 heavy (non-hydrogen) atoms. The van der Waals surface area contributed by atoms with Gasteiger partial charge in [-0.3, -0.25) is 9.98 Å². The molecule has 0 atom stereocenters. The maximum absolute atomic E-state index is 5.42. The van der Waals surface area contributed by atoms with Gasteiger partial charge in [0.2, 0.25) is 0 Å². The van der Waals surface area contributed by atoms with Crippen LogP contribution in [-0.4, -0.2) is 38.2 Å². The molecule has 0 bridgehead atoms. The van der Waals surface area contributed by atoms with Crippen molar-refractivity contribution in [2.24, 2.45) is 4.99 Å². The Bertz CT molecular complexity index is 656. The smallest absolute Gasteiger partial charge is 0.190 e. The minimum atomic E-state index is 0.798. The number of aliphatic imine (C=N–C) groups is 1. The van der Waals surface area contributed by atoms with Gasteiger partial charge in [0, 0.05) is 32.5 Å². The summed E-state index contributed by atoms with van der Waals surface area (Å²) in [7, 11) is 3.49. The van der Waals surface area contributed by atoms with E-state index in [0.717, 1.165) is 37.6 Å². The van der Waals surface area contributed by atoms with Gasteiger partial charge in [-0.25, -0.2) is 0 Å². The van der Waals surface area contributed by atoms with Gasteiger partial charge in [0.1, 0.15) is 5.75 Å². The number of ether oxygens (including phenoxy) is 1. The van der Waals surface area contributed by atoms with Crippen LogP contribution in [0.2, 0.25) is 0 Å². The number of rotatable bonds is 7. The van der Waals surface area contributed by atoms with Crippen LogP contribution >= 0.6 is 0 Å². The summed E-state index contributed by atoms with van der Waals surface area (Å²) in [5.41, 5.74) is 3.66. The van der Waals surface area contributed by atoms with E-state index in [0.29, 0.717) is 0 Å². The Morgan fingerprint density at radius 1 is 1.17 bits per heavy atom. The van der Waals surface area contributed by atoms with Gasteiger partial charge in [0.25, 0.3) is 0 Å². The van der Waals surface area contributed by atoms with E-state index in [9.17, 15) is 0 Å². The Balaban J connectivity index is 1.77. The molecule has 2 rings (SSSR count). The van der Waals surface area contributed by atoms with Gasteiger partial charge in [-0.1, -0.05) is 23.8 Å². The fraction of sp³-hybridized carbons (Fsp3) is 0.368. The Morgan fingerprint density at radius 3 is 2.62 bits per heavy atom. The zero-order valence-corrected chi connectivity index (χ0v) is 14.7. The van der Waals surface area contributed by atoms with E-state index in [1.807, 2.05) is 18.3 Å². The van der Waals surface area contributed by atoms with Gasteiger partial charge in [0.15, 0.2) is 5.96 Å². The van der Waals surface area contributed by atoms with E-state index in [1.165, 1.54) is 16.7 Å². The quantitative estimate of drug-likeness (QED) is 0.606. The van der Waals surface area contributed by atoms with Crippen molar-refractivity contribution in [3.8, 4) is 5.75 Å². The highest BCUT2D eigenvalue weighted by Gasteiger charge is 2.04. The number of hydrogen-bond donors (Lipinski definition) is 2. The second-order valence-electron chi connectivity index (χ2n) is 5.60. The highest BCUT2D eigenvalue weighted by Crippen LogP contribution is 2.19. The average Bonchev–Trinajstić information content (AvgIpc) is 2.61. The SMILES string of the molecule is CN=C(NCCc1cccnc1)NCCc1cc(C)ccc1OC. The first-order chi connectivity index (χ1) is 11.7. The monoisotopic (exact) mass is 326 g/mol. The summed E-state index contributed by atoms with van der Waals surface area (Å²) in [5, 5.41) is 6.67. The molecule has 1 aromatic carbocycles. The zero-order chi connectivity index (χ0) is 17.2. The van der Waals surface area contributed by atoms with Gasteiger partial charge in [0.05, 0.1) is 7.11 Å². The molecule has 0 aliphatic heterocycles. The van der Waals surface area contributed by atoms with Crippen LogP contribution in [0.25, 0.3) is 0 Å². The number of nitrogens with zero attached hydrogens (tertiary/aromatic N) is 2. The van der Waals surface area contributed by atoms with Crippen LogP contribution in [0.1, 0.15) is 16.7 Å². The lowest BCUT2D eigenvalue weighted by Gasteiger charge is -2.13. The summed E-state index contributed by atoms with van der Waals surface area (Å²) in [6.45, 7) is 3.71. The van der Waals surface area contributed by atoms with E-state index >= 15 is 0 Å². The number of aryl methyl sites for hydroxylation is 1. The molecular formula is C19H26N4O. The van der Waals surface area contributed by atoms with Gasteiger partial charge in [-0.05, 0) is 43.0 Å². The Labute approximate surface area is 144 Å². The highest BCUT2D eigenvalue weighted by atomic mass is 16.5. The maximum Gasteiger partial charge on any atom is 0.190 e. The van der Waals surface area contributed by atoms with Crippen LogP contribution in [0, 0.1) is 6.92 Å². The van der Waals surface area contributed by atoms with Crippen molar-refractivity contribution in [2.75, 3.05) is 27.2 Å². The van der Waals surface area contributed by atoms with Gasteiger partial charge in [-0.2, -0.15) is 0 Å². The van der Waals surface area contributed by atoms with Gasteiger partial charge in [-0.15, -0.1) is 0 Å². The van der Waals surface area contributed by atoms with E-state index in [-0.39, 0.29) is 0 Å². The molecule has 0 amide bonds. The summed E-state index contributed by atoms with van der Waals surface area (Å²) in [4.78, 5) is 8.38. The van der Waals surface area contributed by atoms with Crippen LogP contribution in [0.15, 0.2) is 47.7 Å². The summed E-state index contributed by atoms with van der Waals surface area (Å²) in [6.07, 6.45) is 5.48. The van der Waals surface area contributed by atoms with E-state index in [2.05, 4.69) is 45.7 Å². The van der Waals surface area contributed by atoms with Crippen molar-refractivity contribution in [3.05, 3.63) is 59.4 Å². The third kappa shape index (κ3) is 5.57. The largest absolute Gasteiger partial charge is 0.496 e. The summed E-state index contributed by atoms with van der Waals surface area (Å²) < 4.78 is 5.42. The number of benzene rings is 1. The van der Waals surface area contributed by atoms with Crippen molar-refractivity contribution in [1.29, 1.82) is 0 Å².